The molecular weight excluding hydrogens is 230 g/mol. The topological polar surface area (TPSA) is 61.6 Å². The first kappa shape index (κ1) is 12.4. The Labute approximate surface area is 108 Å². The third kappa shape index (κ3) is 2.28. The van der Waals surface area contributed by atoms with Crippen molar-refractivity contribution in [3.8, 4) is 0 Å². The number of esters is 1. The molecule has 2 bridgehead atoms. The molecule has 3 fully saturated rings. The highest BCUT2D eigenvalue weighted by atomic mass is 16.6. The predicted octanol–water partition coefficient (Wildman–Crippen LogP) is 1.47. The Kier molecular flexibility index (Phi) is 3.57. The minimum Gasteiger partial charge on any atom is -0.463 e. The lowest BCUT2D eigenvalue weighted by Gasteiger charge is -2.28. The van der Waals surface area contributed by atoms with Gasteiger partial charge in [-0.15, -0.1) is 0 Å². The Hall–Kier alpha value is -0.610. The molecule has 2 saturated carbocycles. The van der Waals surface area contributed by atoms with Crippen LogP contribution >= 0.6 is 0 Å². The second-order valence-corrected chi connectivity index (χ2v) is 6.05. The van der Waals surface area contributed by atoms with Crippen molar-refractivity contribution in [3.63, 3.8) is 0 Å². The maximum Gasteiger partial charge on any atom is 0.310 e. The summed E-state index contributed by atoms with van der Waals surface area (Å²) in [5.74, 6) is 0.902. The second-order valence-electron chi connectivity index (χ2n) is 6.05. The van der Waals surface area contributed by atoms with Gasteiger partial charge in [0.05, 0.1) is 12.0 Å². The molecule has 1 heterocycles. The van der Waals surface area contributed by atoms with Crippen LogP contribution in [0.5, 0.6) is 0 Å². The largest absolute Gasteiger partial charge is 0.463 e. The van der Waals surface area contributed by atoms with Gasteiger partial charge >= 0.3 is 5.97 Å². The minimum absolute atomic E-state index is 0.0310. The van der Waals surface area contributed by atoms with Gasteiger partial charge in [-0.1, -0.05) is 0 Å². The number of rotatable bonds is 3. The molecule has 3 aliphatic rings. The molecule has 0 amide bonds. The highest BCUT2D eigenvalue weighted by Crippen LogP contribution is 2.48. The first-order valence-electron chi connectivity index (χ1n) is 7.29. The van der Waals surface area contributed by atoms with Crippen LogP contribution in [0.4, 0.5) is 0 Å². The fourth-order valence-electron chi connectivity index (χ4n) is 3.90. The van der Waals surface area contributed by atoms with Crippen LogP contribution in [0.1, 0.15) is 38.5 Å². The molecule has 4 heteroatoms. The van der Waals surface area contributed by atoms with Gasteiger partial charge in [0.1, 0.15) is 6.61 Å². The van der Waals surface area contributed by atoms with Gasteiger partial charge in [0.25, 0.3) is 0 Å². The molecule has 2 N–H and O–H groups in total. The first-order valence-corrected chi connectivity index (χ1v) is 7.29. The van der Waals surface area contributed by atoms with Gasteiger partial charge in [-0.2, -0.15) is 0 Å². The van der Waals surface area contributed by atoms with Crippen LogP contribution in [-0.4, -0.2) is 31.3 Å². The SMILES string of the molecule is NC1C2CCC(C2)C1C(=O)OCC1CCCCO1. The van der Waals surface area contributed by atoms with E-state index in [-0.39, 0.29) is 24.0 Å². The average molecular weight is 253 g/mol. The number of nitrogens with two attached hydrogens (primary N) is 1. The molecule has 18 heavy (non-hydrogen) atoms. The Morgan fingerprint density at radius 1 is 1.22 bits per heavy atom. The summed E-state index contributed by atoms with van der Waals surface area (Å²) in [5, 5.41) is 0. The zero-order valence-corrected chi connectivity index (χ0v) is 10.8. The molecule has 0 aromatic heterocycles. The third-order valence-electron chi connectivity index (χ3n) is 4.94. The number of hydrogen-bond acceptors (Lipinski definition) is 4. The lowest BCUT2D eigenvalue weighted by atomic mass is 9.85. The minimum atomic E-state index is -0.0797. The van der Waals surface area contributed by atoms with E-state index in [1.54, 1.807) is 0 Å². The van der Waals surface area contributed by atoms with Crippen LogP contribution in [-0.2, 0) is 14.3 Å². The summed E-state index contributed by atoms with van der Waals surface area (Å²) in [6.07, 6.45) is 6.89. The van der Waals surface area contributed by atoms with E-state index in [9.17, 15) is 4.79 Å². The monoisotopic (exact) mass is 253 g/mol. The average Bonchev–Trinajstić information content (AvgIpc) is 2.98. The summed E-state index contributed by atoms with van der Waals surface area (Å²) < 4.78 is 11.0. The normalized spacial score (nSPS) is 43.1. The molecule has 0 spiro atoms. The van der Waals surface area contributed by atoms with Crippen LogP contribution < -0.4 is 5.73 Å². The maximum absolute atomic E-state index is 12.1. The van der Waals surface area contributed by atoms with Gasteiger partial charge in [-0.05, 0) is 50.4 Å². The van der Waals surface area contributed by atoms with Crippen LogP contribution in [0.2, 0.25) is 0 Å². The van der Waals surface area contributed by atoms with Crippen molar-refractivity contribution in [1.82, 2.24) is 0 Å². The summed E-state index contributed by atoms with van der Waals surface area (Å²) in [7, 11) is 0. The second kappa shape index (κ2) is 5.17. The lowest BCUT2D eigenvalue weighted by Crippen LogP contribution is -2.41. The summed E-state index contributed by atoms with van der Waals surface area (Å²) in [5.41, 5.74) is 6.14. The number of ether oxygens (including phenoxy) is 2. The first-order chi connectivity index (χ1) is 8.75. The molecule has 3 rings (SSSR count). The number of fused-ring (bicyclic) bond motifs is 2. The van der Waals surface area contributed by atoms with Gasteiger partial charge < -0.3 is 15.2 Å². The number of hydrogen-bond donors (Lipinski definition) is 1. The van der Waals surface area contributed by atoms with Crippen LogP contribution in [0, 0.1) is 17.8 Å². The fraction of sp³-hybridized carbons (Fsp3) is 0.929. The van der Waals surface area contributed by atoms with E-state index >= 15 is 0 Å². The van der Waals surface area contributed by atoms with Crippen LogP contribution in [0.25, 0.3) is 0 Å². The Bertz CT molecular complexity index is 312. The zero-order chi connectivity index (χ0) is 12.5. The highest BCUT2D eigenvalue weighted by molar-refractivity contribution is 5.74. The van der Waals surface area contributed by atoms with Gasteiger partial charge in [-0.3, -0.25) is 4.79 Å². The molecule has 102 valence electrons. The molecule has 5 atom stereocenters. The van der Waals surface area contributed by atoms with Crippen molar-refractivity contribution in [2.75, 3.05) is 13.2 Å². The Morgan fingerprint density at radius 3 is 2.72 bits per heavy atom. The lowest BCUT2D eigenvalue weighted by molar-refractivity contribution is -0.156. The van der Waals surface area contributed by atoms with Crippen molar-refractivity contribution in [3.05, 3.63) is 0 Å². The number of carbonyl (C=O) groups is 1. The molecular formula is C14H23NO3. The standard InChI is InChI=1S/C14H23NO3/c15-13-10-5-4-9(7-10)12(13)14(16)18-8-11-3-1-2-6-17-11/h9-13H,1-8,15H2. The van der Waals surface area contributed by atoms with Gasteiger partial charge in [0, 0.05) is 12.6 Å². The van der Waals surface area contributed by atoms with E-state index in [2.05, 4.69) is 0 Å². The van der Waals surface area contributed by atoms with Crippen LogP contribution in [0.3, 0.4) is 0 Å². The highest BCUT2D eigenvalue weighted by Gasteiger charge is 2.49. The van der Waals surface area contributed by atoms with Gasteiger partial charge in [-0.25, -0.2) is 0 Å². The fourth-order valence-corrected chi connectivity index (χ4v) is 3.90. The van der Waals surface area contributed by atoms with E-state index in [1.807, 2.05) is 0 Å². The number of carbonyl (C=O) groups excluding carboxylic acids is 1. The van der Waals surface area contributed by atoms with Crippen molar-refractivity contribution in [1.29, 1.82) is 0 Å². The van der Waals surface area contributed by atoms with E-state index in [0.717, 1.165) is 32.3 Å². The predicted molar refractivity (Wildman–Crippen MR) is 66.8 cm³/mol. The van der Waals surface area contributed by atoms with Crippen molar-refractivity contribution < 1.29 is 14.3 Å². The van der Waals surface area contributed by atoms with Gasteiger partial charge in [0.15, 0.2) is 0 Å². The summed E-state index contributed by atoms with van der Waals surface area (Å²) in [6.45, 7) is 1.22. The van der Waals surface area contributed by atoms with Crippen molar-refractivity contribution in [2.24, 2.45) is 23.5 Å². The molecule has 0 aromatic carbocycles. The molecule has 0 aromatic rings. The quantitative estimate of drug-likeness (QED) is 0.774. The van der Waals surface area contributed by atoms with E-state index in [1.165, 1.54) is 12.8 Å². The molecule has 1 saturated heterocycles. The van der Waals surface area contributed by atoms with Crippen molar-refractivity contribution >= 4 is 5.97 Å². The zero-order valence-electron chi connectivity index (χ0n) is 10.8. The maximum atomic E-state index is 12.1. The van der Waals surface area contributed by atoms with E-state index < -0.39 is 0 Å². The van der Waals surface area contributed by atoms with Crippen LogP contribution in [0.15, 0.2) is 0 Å². The van der Waals surface area contributed by atoms with Gasteiger partial charge in [0.2, 0.25) is 0 Å². The Morgan fingerprint density at radius 2 is 2.06 bits per heavy atom. The van der Waals surface area contributed by atoms with E-state index in [4.69, 9.17) is 15.2 Å². The summed E-state index contributed by atoms with van der Waals surface area (Å²) >= 11 is 0. The van der Waals surface area contributed by atoms with E-state index in [0.29, 0.717) is 18.4 Å². The molecule has 1 aliphatic heterocycles. The Balaban J connectivity index is 1.49. The summed E-state index contributed by atoms with van der Waals surface area (Å²) in [4.78, 5) is 12.1. The molecule has 2 aliphatic carbocycles. The summed E-state index contributed by atoms with van der Waals surface area (Å²) in [6, 6.07) is 0.0310. The third-order valence-corrected chi connectivity index (χ3v) is 4.94. The molecule has 5 unspecified atom stereocenters. The van der Waals surface area contributed by atoms with Crippen molar-refractivity contribution in [2.45, 2.75) is 50.7 Å². The molecule has 4 nitrogen and oxygen atoms in total. The smallest absolute Gasteiger partial charge is 0.310 e. The molecule has 0 radical (unpaired) electrons.